The van der Waals surface area contributed by atoms with Crippen molar-refractivity contribution in [3.8, 4) is 0 Å². The topological polar surface area (TPSA) is 49.4 Å². The zero-order chi connectivity index (χ0) is 14.2. The Balaban J connectivity index is 1.78. The minimum Gasteiger partial charge on any atom is -0.323 e. The Hall–Kier alpha value is -1.36. The molecule has 1 saturated heterocycles. The number of amides is 3. The second-order valence-corrected chi connectivity index (χ2v) is 6.51. The summed E-state index contributed by atoms with van der Waals surface area (Å²) in [6.45, 7) is 0.347. The van der Waals surface area contributed by atoms with Gasteiger partial charge in [0.2, 0.25) is 0 Å². The molecular weight excluding hydrogens is 320 g/mol. The molecule has 0 unspecified atom stereocenters. The second kappa shape index (κ2) is 5.20. The smallest absolute Gasteiger partial charge is 0.323 e. The lowest BCUT2D eigenvalue weighted by atomic mass is 9.82. The van der Waals surface area contributed by atoms with E-state index in [1.165, 1.54) is 4.90 Å². The van der Waals surface area contributed by atoms with E-state index in [4.69, 9.17) is 0 Å². The van der Waals surface area contributed by atoms with E-state index in [0.29, 0.717) is 6.54 Å². The fourth-order valence-corrected chi connectivity index (χ4v) is 3.35. The van der Waals surface area contributed by atoms with Crippen LogP contribution in [0.25, 0.3) is 0 Å². The molecule has 2 aliphatic rings. The number of halogens is 1. The molecule has 2 fully saturated rings. The maximum Gasteiger partial charge on any atom is 0.325 e. The SMILES string of the molecule is O=C1NC2(CCCCC2)C(=O)N1Cc1ccc(Br)cc1. The first-order valence-electron chi connectivity index (χ1n) is 6.99. The first kappa shape index (κ1) is 13.6. The van der Waals surface area contributed by atoms with E-state index in [1.54, 1.807) is 0 Å². The molecule has 0 bridgehead atoms. The zero-order valence-electron chi connectivity index (χ0n) is 11.2. The Labute approximate surface area is 126 Å². The van der Waals surface area contributed by atoms with Gasteiger partial charge in [0.25, 0.3) is 5.91 Å². The summed E-state index contributed by atoms with van der Waals surface area (Å²) >= 11 is 3.38. The van der Waals surface area contributed by atoms with Crippen LogP contribution in [0.4, 0.5) is 4.79 Å². The highest BCUT2D eigenvalue weighted by Gasteiger charge is 2.51. The standard InChI is InChI=1S/C15H17BrN2O2/c16-12-6-4-11(5-7-12)10-18-13(19)15(17-14(18)20)8-2-1-3-9-15/h4-7H,1-3,8-10H2,(H,17,20). The van der Waals surface area contributed by atoms with E-state index in [-0.39, 0.29) is 11.9 Å². The van der Waals surface area contributed by atoms with Crippen molar-refractivity contribution >= 4 is 27.9 Å². The molecule has 0 aromatic heterocycles. The Morgan fingerprint density at radius 3 is 2.40 bits per heavy atom. The lowest BCUT2D eigenvalue weighted by Gasteiger charge is -2.30. The van der Waals surface area contributed by atoms with Gasteiger partial charge in [0.1, 0.15) is 5.54 Å². The highest BCUT2D eigenvalue weighted by atomic mass is 79.9. The number of rotatable bonds is 2. The number of nitrogens with one attached hydrogen (secondary N) is 1. The predicted molar refractivity (Wildman–Crippen MR) is 79.0 cm³/mol. The number of hydrogen-bond donors (Lipinski definition) is 1. The normalized spacial score (nSPS) is 21.4. The largest absolute Gasteiger partial charge is 0.325 e. The minimum absolute atomic E-state index is 0.0508. The Morgan fingerprint density at radius 2 is 1.75 bits per heavy atom. The molecule has 20 heavy (non-hydrogen) atoms. The third-order valence-corrected chi connectivity index (χ3v) is 4.74. The van der Waals surface area contributed by atoms with Gasteiger partial charge in [0.15, 0.2) is 0 Å². The molecule has 1 heterocycles. The fraction of sp³-hybridized carbons (Fsp3) is 0.467. The van der Waals surface area contributed by atoms with Crippen molar-refractivity contribution in [2.45, 2.75) is 44.2 Å². The van der Waals surface area contributed by atoms with E-state index < -0.39 is 5.54 Å². The molecule has 1 aromatic carbocycles. The van der Waals surface area contributed by atoms with Crippen molar-refractivity contribution in [1.29, 1.82) is 0 Å². The number of hydrogen-bond acceptors (Lipinski definition) is 2. The summed E-state index contributed by atoms with van der Waals surface area (Å²) in [5.41, 5.74) is 0.342. The van der Waals surface area contributed by atoms with Gasteiger partial charge in [-0.2, -0.15) is 0 Å². The number of carbonyl (C=O) groups is 2. The molecule has 3 amide bonds. The van der Waals surface area contributed by atoms with Crippen LogP contribution in [-0.4, -0.2) is 22.4 Å². The third-order valence-electron chi connectivity index (χ3n) is 4.21. The van der Waals surface area contributed by atoms with Crippen LogP contribution in [-0.2, 0) is 11.3 Å². The first-order valence-corrected chi connectivity index (χ1v) is 7.79. The van der Waals surface area contributed by atoms with Crippen molar-refractivity contribution in [3.05, 3.63) is 34.3 Å². The maximum atomic E-state index is 12.6. The summed E-state index contributed by atoms with van der Waals surface area (Å²) in [6, 6.07) is 7.45. The molecule has 1 spiro atoms. The predicted octanol–water partition coefficient (Wildman–Crippen LogP) is 3.20. The molecule has 0 atom stereocenters. The molecule has 5 heteroatoms. The molecule has 106 valence electrons. The van der Waals surface area contributed by atoms with Gasteiger partial charge in [-0.1, -0.05) is 47.3 Å². The monoisotopic (exact) mass is 336 g/mol. The van der Waals surface area contributed by atoms with Gasteiger partial charge in [-0.15, -0.1) is 0 Å². The lowest BCUT2D eigenvalue weighted by molar-refractivity contribution is -0.132. The molecule has 1 aromatic rings. The first-order chi connectivity index (χ1) is 9.61. The van der Waals surface area contributed by atoms with Crippen molar-refractivity contribution in [2.75, 3.05) is 0 Å². The van der Waals surface area contributed by atoms with E-state index in [1.807, 2.05) is 24.3 Å². The molecule has 0 radical (unpaired) electrons. The van der Waals surface area contributed by atoms with Crippen LogP contribution in [0.3, 0.4) is 0 Å². The summed E-state index contributed by atoms with van der Waals surface area (Å²) in [5.74, 6) is -0.0508. The number of benzene rings is 1. The minimum atomic E-state index is -0.620. The van der Waals surface area contributed by atoms with Gasteiger partial charge in [0.05, 0.1) is 6.54 Å². The van der Waals surface area contributed by atoms with Crippen molar-refractivity contribution in [3.63, 3.8) is 0 Å². The second-order valence-electron chi connectivity index (χ2n) is 5.59. The summed E-state index contributed by atoms with van der Waals surface area (Å²) in [6.07, 6.45) is 4.72. The van der Waals surface area contributed by atoms with Crippen LogP contribution in [0.2, 0.25) is 0 Å². The number of carbonyl (C=O) groups excluding carboxylic acids is 2. The maximum absolute atomic E-state index is 12.6. The Bertz CT molecular complexity index is 535. The summed E-state index contributed by atoms with van der Waals surface area (Å²) in [5, 5.41) is 2.93. The quantitative estimate of drug-likeness (QED) is 0.843. The van der Waals surface area contributed by atoms with Crippen LogP contribution in [0, 0.1) is 0 Å². The zero-order valence-corrected chi connectivity index (χ0v) is 12.8. The average molecular weight is 337 g/mol. The van der Waals surface area contributed by atoms with Gasteiger partial charge in [-0.3, -0.25) is 9.69 Å². The molecule has 3 rings (SSSR count). The van der Waals surface area contributed by atoms with Gasteiger partial charge < -0.3 is 5.32 Å². The van der Waals surface area contributed by atoms with Crippen LogP contribution in [0.5, 0.6) is 0 Å². The van der Waals surface area contributed by atoms with E-state index in [2.05, 4.69) is 21.2 Å². The third kappa shape index (κ3) is 2.35. The molecule has 1 saturated carbocycles. The summed E-state index contributed by atoms with van der Waals surface area (Å²) in [7, 11) is 0. The number of imide groups is 1. The van der Waals surface area contributed by atoms with E-state index in [0.717, 1.165) is 42.1 Å². The van der Waals surface area contributed by atoms with Gasteiger partial charge in [0, 0.05) is 4.47 Å². The molecule has 1 N–H and O–H groups in total. The molecule has 1 aliphatic heterocycles. The molecular formula is C15H17BrN2O2. The number of urea groups is 1. The van der Waals surface area contributed by atoms with Crippen molar-refractivity contribution in [1.82, 2.24) is 10.2 Å². The molecule has 1 aliphatic carbocycles. The van der Waals surface area contributed by atoms with Gasteiger partial charge >= 0.3 is 6.03 Å². The lowest BCUT2D eigenvalue weighted by Crippen LogP contribution is -2.48. The average Bonchev–Trinajstić information content (AvgIpc) is 2.67. The molecule has 4 nitrogen and oxygen atoms in total. The summed E-state index contributed by atoms with van der Waals surface area (Å²) < 4.78 is 0.988. The van der Waals surface area contributed by atoms with Gasteiger partial charge in [-0.25, -0.2) is 4.79 Å². The number of nitrogens with zero attached hydrogens (tertiary/aromatic N) is 1. The Morgan fingerprint density at radius 1 is 1.10 bits per heavy atom. The van der Waals surface area contributed by atoms with E-state index in [9.17, 15) is 9.59 Å². The highest BCUT2D eigenvalue weighted by molar-refractivity contribution is 9.10. The Kier molecular flexibility index (Phi) is 3.54. The van der Waals surface area contributed by atoms with Gasteiger partial charge in [-0.05, 0) is 30.5 Å². The van der Waals surface area contributed by atoms with Crippen molar-refractivity contribution < 1.29 is 9.59 Å². The van der Waals surface area contributed by atoms with E-state index >= 15 is 0 Å². The van der Waals surface area contributed by atoms with Crippen LogP contribution < -0.4 is 5.32 Å². The summed E-state index contributed by atoms with van der Waals surface area (Å²) in [4.78, 5) is 26.1. The van der Waals surface area contributed by atoms with Crippen LogP contribution >= 0.6 is 15.9 Å². The highest BCUT2D eigenvalue weighted by Crippen LogP contribution is 2.34. The van der Waals surface area contributed by atoms with Crippen LogP contribution in [0.1, 0.15) is 37.7 Å². The van der Waals surface area contributed by atoms with Crippen molar-refractivity contribution in [2.24, 2.45) is 0 Å². The fourth-order valence-electron chi connectivity index (χ4n) is 3.09. The van der Waals surface area contributed by atoms with Crippen LogP contribution in [0.15, 0.2) is 28.7 Å².